The van der Waals surface area contributed by atoms with Gasteiger partial charge in [-0.25, -0.2) is 8.42 Å². The molecule has 164 valence electrons. The molecule has 0 amide bonds. The normalized spacial score (nSPS) is 14.7. The Morgan fingerprint density at radius 2 is 1.77 bits per heavy atom. The molecule has 1 heterocycles. The molecule has 0 radical (unpaired) electrons. The van der Waals surface area contributed by atoms with E-state index in [-0.39, 0.29) is 15.7 Å². The zero-order chi connectivity index (χ0) is 22.6. The highest BCUT2D eigenvalue weighted by Crippen LogP contribution is 2.38. The monoisotopic (exact) mass is 450 g/mol. The summed E-state index contributed by atoms with van der Waals surface area (Å²) in [6.07, 6.45) is 0.148. The lowest BCUT2D eigenvalue weighted by molar-refractivity contribution is -0.137. The molecule has 0 atom stereocenters. The third-order valence-corrected chi connectivity index (χ3v) is 6.61. The molecule has 0 saturated heterocycles. The lowest BCUT2D eigenvalue weighted by Gasteiger charge is -2.17. The molecule has 0 spiro atoms. The van der Waals surface area contributed by atoms with Crippen LogP contribution in [-0.4, -0.2) is 25.8 Å². The summed E-state index contributed by atoms with van der Waals surface area (Å²) in [6, 6.07) is 7.54. The Morgan fingerprint density at radius 1 is 1.06 bits per heavy atom. The van der Waals surface area contributed by atoms with Gasteiger partial charge in [0.05, 0.1) is 10.5 Å². The smallest absolute Gasteiger partial charge is 0.384 e. The Balaban J connectivity index is 2.01. The quantitative estimate of drug-likeness (QED) is 0.624. The zero-order valence-electron chi connectivity index (χ0n) is 17.0. The molecule has 1 N–H and O–H groups in total. The van der Waals surface area contributed by atoms with Crippen LogP contribution >= 0.6 is 0 Å². The van der Waals surface area contributed by atoms with Crippen molar-refractivity contribution in [2.45, 2.75) is 23.9 Å². The van der Waals surface area contributed by atoms with Crippen molar-refractivity contribution in [3.05, 3.63) is 58.5 Å². The van der Waals surface area contributed by atoms with Crippen LogP contribution in [0.15, 0.2) is 52.3 Å². The second-order valence-electron chi connectivity index (χ2n) is 8.02. The standard InChI is InChI=1S/C22H21F3N2O3S/c1-27-12-19(17-9-14(22(23,24)25)5-7-16(17)21(27)28)18-10-15(31(2,29)30)6-8-20(18)26-11-13-3-4-13/h5-10,12-13,26H,3-4,11H2,1-2H3. The summed E-state index contributed by atoms with van der Waals surface area (Å²) in [4.78, 5) is 12.6. The minimum absolute atomic E-state index is 0.0495. The van der Waals surface area contributed by atoms with Crippen LogP contribution in [0.3, 0.4) is 0 Å². The van der Waals surface area contributed by atoms with Crippen LogP contribution in [0.4, 0.5) is 18.9 Å². The Labute approximate surface area is 177 Å². The number of rotatable bonds is 5. The van der Waals surface area contributed by atoms with Crippen LogP contribution in [0.1, 0.15) is 18.4 Å². The first-order valence-corrected chi connectivity index (χ1v) is 11.6. The maximum absolute atomic E-state index is 13.4. The number of pyridine rings is 1. The number of hydrogen-bond acceptors (Lipinski definition) is 4. The fourth-order valence-electron chi connectivity index (χ4n) is 3.56. The van der Waals surface area contributed by atoms with E-state index < -0.39 is 27.1 Å². The molecule has 4 rings (SSSR count). The minimum Gasteiger partial charge on any atom is -0.384 e. The number of alkyl halides is 3. The predicted octanol–water partition coefficient (Wildman–Crippen LogP) is 4.45. The largest absolute Gasteiger partial charge is 0.416 e. The van der Waals surface area contributed by atoms with Crippen molar-refractivity contribution in [3.63, 3.8) is 0 Å². The Hall–Kier alpha value is -2.81. The molecule has 1 aliphatic carbocycles. The van der Waals surface area contributed by atoms with Gasteiger partial charge in [-0.3, -0.25) is 4.79 Å². The number of nitrogens with zero attached hydrogens (tertiary/aromatic N) is 1. The number of anilines is 1. The summed E-state index contributed by atoms with van der Waals surface area (Å²) in [5.74, 6) is 0.524. The molecule has 0 bridgehead atoms. The van der Waals surface area contributed by atoms with Crippen molar-refractivity contribution in [2.75, 3.05) is 18.1 Å². The second kappa shape index (κ2) is 7.40. The van der Waals surface area contributed by atoms with Crippen molar-refractivity contribution < 1.29 is 21.6 Å². The fourth-order valence-corrected chi connectivity index (χ4v) is 4.21. The van der Waals surface area contributed by atoms with Crippen LogP contribution in [0.2, 0.25) is 0 Å². The highest BCUT2D eigenvalue weighted by molar-refractivity contribution is 7.90. The predicted molar refractivity (Wildman–Crippen MR) is 114 cm³/mol. The number of halogens is 3. The van der Waals surface area contributed by atoms with Gasteiger partial charge in [-0.05, 0) is 60.5 Å². The molecule has 1 aromatic heterocycles. The molecule has 31 heavy (non-hydrogen) atoms. The topological polar surface area (TPSA) is 68.2 Å². The molecule has 1 saturated carbocycles. The average molecular weight is 450 g/mol. The highest BCUT2D eigenvalue weighted by Gasteiger charge is 2.31. The van der Waals surface area contributed by atoms with E-state index in [1.54, 1.807) is 6.07 Å². The van der Waals surface area contributed by atoms with Crippen LogP contribution in [0.5, 0.6) is 0 Å². The van der Waals surface area contributed by atoms with Gasteiger partial charge in [-0.2, -0.15) is 13.2 Å². The summed E-state index contributed by atoms with van der Waals surface area (Å²) < 4.78 is 65.7. The van der Waals surface area contributed by atoms with E-state index in [2.05, 4.69) is 5.32 Å². The summed E-state index contributed by atoms with van der Waals surface area (Å²) in [7, 11) is -2.03. The van der Waals surface area contributed by atoms with E-state index in [1.807, 2.05) is 0 Å². The number of nitrogens with one attached hydrogen (secondary N) is 1. The van der Waals surface area contributed by atoms with Gasteiger partial charge in [0.15, 0.2) is 9.84 Å². The van der Waals surface area contributed by atoms with Gasteiger partial charge >= 0.3 is 6.18 Å². The number of hydrogen-bond donors (Lipinski definition) is 1. The third-order valence-electron chi connectivity index (χ3n) is 5.50. The first-order chi connectivity index (χ1) is 14.4. The van der Waals surface area contributed by atoms with Gasteiger partial charge in [0.2, 0.25) is 0 Å². The van der Waals surface area contributed by atoms with E-state index >= 15 is 0 Å². The van der Waals surface area contributed by atoms with Gasteiger partial charge in [0, 0.05) is 48.2 Å². The molecule has 1 aliphatic rings. The highest BCUT2D eigenvalue weighted by atomic mass is 32.2. The number of benzene rings is 2. The summed E-state index contributed by atoms with van der Waals surface area (Å²) in [5.41, 5.74) is 0.0904. The first kappa shape index (κ1) is 21.4. The first-order valence-electron chi connectivity index (χ1n) is 9.74. The molecule has 1 fully saturated rings. The molecule has 0 aliphatic heterocycles. The number of aromatic nitrogens is 1. The van der Waals surface area contributed by atoms with Gasteiger partial charge in [0.1, 0.15) is 0 Å². The third kappa shape index (κ3) is 4.32. The van der Waals surface area contributed by atoms with Crippen LogP contribution in [-0.2, 0) is 23.1 Å². The van der Waals surface area contributed by atoms with E-state index in [0.29, 0.717) is 29.3 Å². The average Bonchev–Trinajstić information content (AvgIpc) is 3.52. The Bertz CT molecular complexity index is 1340. The van der Waals surface area contributed by atoms with Gasteiger partial charge in [-0.15, -0.1) is 0 Å². The molecule has 9 heteroatoms. The van der Waals surface area contributed by atoms with Gasteiger partial charge in [0.25, 0.3) is 5.56 Å². The van der Waals surface area contributed by atoms with E-state index in [0.717, 1.165) is 31.2 Å². The van der Waals surface area contributed by atoms with Crippen LogP contribution < -0.4 is 10.9 Å². The Kier molecular flexibility index (Phi) is 5.12. The lowest BCUT2D eigenvalue weighted by atomic mass is 9.97. The lowest BCUT2D eigenvalue weighted by Crippen LogP contribution is -2.17. The zero-order valence-corrected chi connectivity index (χ0v) is 17.8. The van der Waals surface area contributed by atoms with Gasteiger partial charge < -0.3 is 9.88 Å². The van der Waals surface area contributed by atoms with Crippen molar-refractivity contribution >= 4 is 26.3 Å². The summed E-state index contributed by atoms with van der Waals surface area (Å²) in [5, 5.41) is 3.55. The maximum Gasteiger partial charge on any atom is 0.416 e. The number of aryl methyl sites for hydroxylation is 1. The van der Waals surface area contributed by atoms with Crippen molar-refractivity contribution in [2.24, 2.45) is 13.0 Å². The van der Waals surface area contributed by atoms with Crippen LogP contribution in [0.25, 0.3) is 21.9 Å². The molecular weight excluding hydrogens is 429 g/mol. The van der Waals surface area contributed by atoms with E-state index in [9.17, 15) is 26.4 Å². The van der Waals surface area contributed by atoms with Crippen molar-refractivity contribution in [3.8, 4) is 11.1 Å². The van der Waals surface area contributed by atoms with E-state index in [4.69, 9.17) is 0 Å². The molecule has 0 unspecified atom stereocenters. The maximum atomic E-state index is 13.4. The number of sulfone groups is 1. The van der Waals surface area contributed by atoms with Crippen molar-refractivity contribution in [1.29, 1.82) is 0 Å². The fraction of sp³-hybridized carbons (Fsp3) is 0.318. The van der Waals surface area contributed by atoms with Crippen LogP contribution in [0, 0.1) is 5.92 Å². The molecule has 5 nitrogen and oxygen atoms in total. The van der Waals surface area contributed by atoms with Gasteiger partial charge in [-0.1, -0.05) is 0 Å². The summed E-state index contributed by atoms with van der Waals surface area (Å²) >= 11 is 0. The van der Waals surface area contributed by atoms with E-state index in [1.165, 1.54) is 36.0 Å². The molecule has 2 aromatic carbocycles. The molecule has 3 aromatic rings. The number of fused-ring (bicyclic) bond motifs is 1. The SMILES string of the molecule is Cn1cc(-c2cc(S(C)(=O)=O)ccc2NCC2CC2)c2cc(C(F)(F)F)ccc2c1=O. The Morgan fingerprint density at radius 3 is 2.39 bits per heavy atom. The molecular formula is C22H21F3N2O3S. The minimum atomic E-state index is -4.58. The second-order valence-corrected chi connectivity index (χ2v) is 10.0. The summed E-state index contributed by atoms with van der Waals surface area (Å²) in [6.45, 7) is 0.683. The van der Waals surface area contributed by atoms with Crippen molar-refractivity contribution in [1.82, 2.24) is 4.57 Å².